The number of anilines is 2. The maximum absolute atomic E-state index is 15.0. The van der Waals surface area contributed by atoms with Gasteiger partial charge in [-0.25, -0.2) is 28.8 Å². The van der Waals surface area contributed by atoms with Crippen LogP contribution in [0.3, 0.4) is 0 Å². The van der Waals surface area contributed by atoms with Crippen molar-refractivity contribution in [3.8, 4) is 0 Å². The molecule has 2 N–H and O–H groups in total. The highest BCUT2D eigenvalue weighted by atomic mass is 19.3. The molecule has 194 valence electrons. The monoisotopic (exact) mass is 505 g/mol. The van der Waals surface area contributed by atoms with Gasteiger partial charge >= 0.3 is 18.6 Å². The maximum atomic E-state index is 15.0. The molecule has 3 amide bonds. The summed E-state index contributed by atoms with van der Waals surface area (Å²) in [5, 5.41) is 3.17. The van der Waals surface area contributed by atoms with Gasteiger partial charge in [0.25, 0.3) is 5.91 Å². The van der Waals surface area contributed by atoms with E-state index in [9.17, 15) is 23.2 Å². The minimum absolute atomic E-state index is 0.0972. The number of nitrogens with one attached hydrogen (secondary N) is 2. The van der Waals surface area contributed by atoms with E-state index in [0.29, 0.717) is 0 Å². The van der Waals surface area contributed by atoms with Gasteiger partial charge in [0.05, 0.1) is 25.3 Å². The Morgan fingerprint density at radius 2 is 1.86 bits per heavy atom. The standard InChI is InChI=1S/C21H27F4N5O5/c1-21(2,3)35-20(33)30-7-6-28(5-4-27-30)16-14(22)8-12(9-15(16)23)29-11-13(34-19(29)32)10-26-18(31)17(24)25/h8-9,13,17,27H,4-7,10-11H2,1-3H3,(H,26,31)/t13-/m0/s1. The van der Waals surface area contributed by atoms with E-state index in [2.05, 4.69) is 5.43 Å². The fourth-order valence-corrected chi connectivity index (χ4v) is 3.57. The van der Waals surface area contributed by atoms with Crippen LogP contribution in [-0.2, 0) is 14.3 Å². The summed E-state index contributed by atoms with van der Waals surface area (Å²) in [6, 6.07) is 1.92. The fourth-order valence-electron chi connectivity index (χ4n) is 3.57. The van der Waals surface area contributed by atoms with Crippen LogP contribution in [0.4, 0.5) is 38.5 Å². The second kappa shape index (κ2) is 10.5. The number of carbonyl (C=O) groups excluding carboxylic acids is 3. The molecule has 1 atom stereocenters. The average molecular weight is 505 g/mol. The third-order valence-electron chi connectivity index (χ3n) is 5.10. The van der Waals surface area contributed by atoms with Crippen molar-refractivity contribution in [3.05, 3.63) is 23.8 Å². The molecule has 0 bridgehead atoms. The van der Waals surface area contributed by atoms with Gasteiger partial charge in [-0.1, -0.05) is 0 Å². The Kier molecular flexibility index (Phi) is 7.93. The lowest BCUT2D eigenvalue weighted by molar-refractivity contribution is -0.132. The molecule has 0 saturated carbocycles. The Hall–Kier alpha value is -3.29. The van der Waals surface area contributed by atoms with Crippen molar-refractivity contribution in [1.29, 1.82) is 0 Å². The Balaban J connectivity index is 1.67. The van der Waals surface area contributed by atoms with Crippen LogP contribution in [-0.4, -0.2) is 80.5 Å². The average Bonchev–Trinajstić information content (AvgIpc) is 2.95. The van der Waals surface area contributed by atoms with Crippen LogP contribution in [0.25, 0.3) is 0 Å². The zero-order valence-electron chi connectivity index (χ0n) is 19.4. The Morgan fingerprint density at radius 3 is 2.46 bits per heavy atom. The molecular weight excluding hydrogens is 478 g/mol. The maximum Gasteiger partial charge on any atom is 0.424 e. The lowest BCUT2D eigenvalue weighted by atomic mass is 10.2. The van der Waals surface area contributed by atoms with Gasteiger partial charge in [0.15, 0.2) is 11.6 Å². The normalized spacial score (nSPS) is 19.0. The SMILES string of the molecule is CC(C)(C)OC(=O)N1CCN(c2c(F)cc(N3C[C@H](CNC(=O)C(F)F)OC3=O)cc2F)CCN1. The number of benzene rings is 1. The number of rotatable bonds is 5. The van der Waals surface area contributed by atoms with Crippen molar-refractivity contribution in [2.75, 3.05) is 49.1 Å². The van der Waals surface area contributed by atoms with Gasteiger partial charge in [-0.15, -0.1) is 0 Å². The molecule has 1 aromatic carbocycles. The van der Waals surface area contributed by atoms with Crippen molar-refractivity contribution in [2.24, 2.45) is 0 Å². The van der Waals surface area contributed by atoms with E-state index in [1.54, 1.807) is 20.8 Å². The molecular formula is C21H27F4N5O5. The number of nitrogens with zero attached hydrogens (tertiary/aromatic N) is 3. The van der Waals surface area contributed by atoms with Gasteiger partial charge in [-0.2, -0.15) is 8.78 Å². The predicted octanol–water partition coefficient (Wildman–Crippen LogP) is 2.23. The van der Waals surface area contributed by atoms with E-state index in [-0.39, 0.29) is 50.6 Å². The number of halogens is 4. The first-order chi connectivity index (χ1) is 16.4. The van der Waals surface area contributed by atoms with Crippen LogP contribution < -0.4 is 20.5 Å². The summed E-state index contributed by atoms with van der Waals surface area (Å²) in [5.74, 6) is -3.39. The third kappa shape index (κ3) is 6.65. The van der Waals surface area contributed by atoms with Gasteiger partial charge < -0.3 is 19.7 Å². The van der Waals surface area contributed by atoms with Crippen LogP contribution in [0.1, 0.15) is 20.8 Å². The zero-order chi connectivity index (χ0) is 25.9. The number of hydrogen-bond acceptors (Lipinski definition) is 7. The molecule has 14 heteroatoms. The lowest BCUT2D eigenvalue weighted by Gasteiger charge is -2.27. The molecule has 35 heavy (non-hydrogen) atoms. The van der Waals surface area contributed by atoms with Crippen LogP contribution in [0.5, 0.6) is 0 Å². The first-order valence-electron chi connectivity index (χ1n) is 10.9. The zero-order valence-corrected chi connectivity index (χ0v) is 19.4. The van der Waals surface area contributed by atoms with Crippen LogP contribution in [0.15, 0.2) is 12.1 Å². The molecule has 2 aliphatic rings. The second-order valence-electron chi connectivity index (χ2n) is 8.95. The van der Waals surface area contributed by atoms with Crippen molar-refractivity contribution in [1.82, 2.24) is 15.8 Å². The van der Waals surface area contributed by atoms with Crippen molar-refractivity contribution >= 4 is 29.5 Å². The molecule has 10 nitrogen and oxygen atoms in total. The molecule has 3 rings (SSSR count). The summed E-state index contributed by atoms with van der Waals surface area (Å²) in [6.07, 6.45) is -5.72. The highest BCUT2D eigenvalue weighted by Gasteiger charge is 2.34. The Morgan fingerprint density at radius 1 is 1.20 bits per heavy atom. The summed E-state index contributed by atoms with van der Waals surface area (Å²) in [6.45, 7) is 5.20. The number of carbonyl (C=O) groups is 3. The number of cyclic esters (lactones) is 1. The van der Waals surface area contributed by atoms with Crippen LogP contribution in [0, 0.1) is 11.6 Å². The van der Waals surface area contributed by atoms with Crippen molar-refractivity contribution in [3.63, 3.8) is 0 Å². The molecule has 2 heterocycles. The minimum Gasteiger partial charge on any atom is -0.443 e. The molecule has 1 aromatic rings. The Bertz CT molecular complexity index is 951. The molecule has 0 spiro atoms. The molecule has 2 fully saturated rings. The molecule has 0 radical (unpaired) electrons. The summed E-state index contributed by atoms with van der Waals surface area (Å²) < 4.78 is 64.9. The number of ether oxygens (including phenoxy) is 2. The summed E-state index contributed by atoms with van der Waals surface area (Å²) in [4.78, 5) is 37.8. The summed E-state index contributed by atoms with van der Waals surface area (Å²) >= 11 is 0. The largest absolute Gasteiger partial charge is 0.443 e. The fraction of sp³-hybridized carbons (Fsp3) is 0.571. The van der Waals surface area contributed by atoms with Crippen molar-refractivity contribution < 1.29 is 41.4 Å². The number of amides is 3. The van der Waals surface area contributed by atoms with E-state index in [1.807, 2.05) is 5.32 Å². The van der Waals surface area contributed by atoms with E-state index in [1.165, 1.54) is 9.91 Å². The summed E-state index contributed by atoms with van der Waals surface area (Å²) in [5.41, 5.74) is 1.71. The highest BCUT2D eigenvalue weighted by molar-refractivity contribution is 5.90. The van der Waals surface area contributed by atoms with E-state index >= 15 is 8.78 Å². The van der Waals surface area contributed by atoms with Gasteiger partial charge in [0, 0.05) is 31.8 Å². The lowest BCUT2D eigenvalue weighted by Crippen LogP contribution is -2.46. The Labute approximate surface area is 199 Å². The third-order valence-corrected chi connectivity index (χ3v) is 5.10. The first kappa shape index (κ1) is 26.3. The van der Waals surface area contributed by atoms with Gasteiger partial charge in [0.2, 0.25) is 0 Å². The van der Waals surface area contributed by atoms with E-state index < -0.39 is 47.9 Å². The molecule has 2 aliphatic heterocycles. The molecule has 0 unspecified atom stereocenters. The minimum atomic E-state index is -3.22. The smallest absolute Gasteiger partial charge is 0.424 e. The van der Waals surface area contributed by atoms with Gasteiger partial charge in [0.1, 0.15) is 17.4 Å². The predicted molar refractivity (Wildman–Crippen MR) is 116 cm³/mol. The van der Waals surface area contributed by atoms with Crippen LogP contribution in [0.2, 0.25) is 0 Å². The van der Waals surface area contributed by atoms with Gasteiger partial charge in [-0.05, 0) is 20.8 Å². The number of hydrazine groups is 1. The number of alkyl halides is 2. The molecule has 2 saturated heterocycles. The van der Waals surface area contributed by atoms with Crippen molar-refractivity contribution in [2.45, 2.75) is 38.9 Å². The molecule has 0 aliphatic carbocycles. The second-order valence-corrected chi connectivity index (χ2v) is 8.95. The molecule has 0 aromatic heterocycles. The van der Waals surface area contributed by atoms with E-state index in [4.69, 9.17) is 9.47 Å². The highest BCUT2D eigenvalue weighted by Crippen LogP contribution is 2.31. The van der Waals surface area contributed by atoms with Crippen LogP contribution >= 0.6 is 0 Å². The topological polar surface area (TPSA) is 103 Å². The number of hydrogen-bond donors (Lipinski definition) is 2. The van der Waals surface area contributed by atoms with E-state index in [0.717, 1.165) is 17.0 Å². The summed E-state index contributed by atoms with van der Waals surface area (Å²) in [7, 11) is 0. The quantitative estimate of drug-likeness (QED) is 0.592. The first-order valence-corrected chi connectivity index (χ1v) is 10.9. The van der Waals surface area contributed by atoms with Gasteiger partial charge in [-0.3, -0.25) is 9.69 Å².